The van der Waals surface area contributed by atoms with Crippen LogP contribution in [0.5, 0.6) is 0 Å². The lowest BCUT2D eigenvalue weighted by Gasteiger charge is -2.31. The number of piperidine rings is 1. The summed E-state index contributed by atoms with van der Waals surface area (Å²) in [6.45, 7) is 3.91. The Morgan fingerprint density at radius 2 is 2.05 bits per heavy atom. The molecule has 1 fully saturated rings. The minimum absolute atomic E-state index is 0.377. The second kappa shape index (κ2) is 6.51. The third kappa shape index (κ3) is 3.91. The molecular weight excluding hydrogens is 276 g/mol. The van der Waals surface area contributed by atoms with Crippen molar-refractivity contribution in [1.82, 2.24) is 14.6 Å². The van der Waals surface area contributed by atoms with Crippen LogP contribution in [0.25, 0.3) is 0 Å². The number of hydrogen-bond acceptors (Lipinski definition) is 4. The second-order valence-corrected chi connectivity index (χ2v) is 6.84. The molecule has 1 aliphatic heterocycles. The molecule has 0 unspecified atom stereocenters. The molecular formula is C13H22N4O2S. The van der Waals surface area contributed by atoms with Crippen LogP contribution in [-0.4, -0.2) is 44.4 Å². The number of aromatic nitrogens is 1. The smallest absolute Gasteiger partial charge is 0.302 e. The van der Waals surface area contributed by atoms with Gasteiger partial charge in [-0.2, -0.15) is 12.7 Å². The summed E-state index contributed by atoms with van der Waals surface area (Å²) < 4.78 is 28.6. The maximum atomic E-state index is 12.3. The fourth-order valence-corrected chi connectivity index (χ4v) is 3.64. The number of rotatable bonds is 5. The molecule has 0 spiro atoms. The number of anilines is 1. The summed E-state index contributed by atoms with van der Waals surface area (Å²) in [5.74, 6) is 0.936. The molecule has 0 aliphatic carbocycles. The van der Waals surface area contributed by atoms with Gasteiger partial charge in [-0.05, 0) is 51.4 Å². The van der Waals surface area contributed by atoms with Crippen molar-refractivity contribution < 1.29 is 8.42 Å². The molecule has 1 saturated heterocycles. The van der Waals surface area contributed by atoms with E-state index in [0.717, 1.165) is 25.1 Å². The summed E-state index contributed by atoms with van der Waals surface area (Å²) in [4.78, 5) is 4.17. The van der Waals surface area contributed by atoms with Gasteiger partial charge in [-0.25, -0.2) is 4.98 Å². The first-order valence-electron chi connectivity index (χ1n) is 6.87. The molecule has 20 heavy (non-hydrogen) atoms. The molecule has 0 atom stereocenters. The molecule has 1 aliphatic rings. The highest BCUT2D eigenvalue weighted by Gasteiger charge is 2.27. The van der Waals surface area contributed by atoms with Crippen LogP contribution in [-0.2, 0) is 10.2 Å². The van der Waals surface area contributed by atoms with Crippen LogP contribution in [0.3, 0.4) is 0 Å². The van der Waals surface area contributed by atoms with Crippen molar-refractivity contribution in [2.75, 3.05) is 31.4 Å². The Labute approximate surface area is 120 Å². The summed E-state index contributed by atoms with van der Waals surface area (Å²) >= 11 is 0. The molecule has 1 aromatic heterocycles. The van der Waals surface area contributed by atoms with Crippen LogP contribution in [0.1, 0.15) is 18.5 Å². The summed E-state index contributed by atoms with van der Waals surface area (Å²) in [7, 11) is -1.57. The van der Waals surface area contributed by atoms with E-state index in [1.807, 2.05) is 20.0 Å². The van der Waals surface area contributed by atoms with E-state index in [2.05, 4.69) is 15.0 Å². The van der Waals surface area contributed by atoms with Gasteiger partial charge in [-0.15, -0.1) is 0 Å². The highest BCUT2D eigenvalue weighted by atomic mass is 32.2. The summed E-state index contributed by atoms with van der Waals surface area (Å²) in [5.41, 5.74) is 0.790. The lowest BCUT2D eigenvalue weighted by molar-refractivity contribution is 0.272. The molecule has 0 saturated carbocycles. The Hall–Kier alpha value is -1.18. The zero-order valence-corrected chi connectivity index (χ0v) is 12.8. The Bertz CT molecular complexity index is 539. The zero-order valence-electron chi connectivity index (χ0n) is 12.0. The molecule has 0 aromatic carbocycles. The first kappa shape index (κ1) is 15.2. The van der Waals surface area contributed by atoms with E-state index < -0.39 is 10.2 Å². The minimum atomic E-state index is -3.49. The van der Waals surface area contributed by atoms with Gasteiger partial charge in [0.2, 0.25) is 0 Å². The van der Waals surface area contributed by atoms with Crippen LogP contribution >= 0.6 is 0 Å². The van der Waals surface area contributed by atoms with Gasteiger partial charge in [0.25, 0.3) is 0 Å². The molecule has 2 rings (SSSR count). The number of pyridine rings is 1. The lowest BCUT2D eigenvalue weighted by atomic mass is 9.98. The number of hydrogen-bond donors (Lipinski definition) is 2. The topological polar surface area (TPSA) is 74.3 Å². The van der Waals surface area contributed by atoms with E-state index in [1.54, 1.807) is 12.1 Å². The standard InChI is InChI=1S/C13H22N4O2S/c1-11-4-3-5-13(15-11)16-20(18,19)17-8-6-12(7-9-17)10-14-2/h3-5,12,14H,6-10H2,1-2H3,(H,15,16). The van der Waals surface area contributed by atoms with E-state index in [9.17, 15) is 8.42 Å². The molecule has 0 amide bonds. The molecule has 6 nitrogen and oxygen atoms in total. The predicted molar refractivity (Wildman–Crippen MR) is 79.7 cm³/mol. The average Bonchev–Trinajstić information content (AvgIpc) is 2.39. The molecule has 1 aromatic rings. The summed E-state index contributed by atoms with van der Waals surface area (Å²) in [6.07, 6.45) is 1.78. The SMILES string of the molecule is CNCC1CCN(S(=O)(=O)Nc2cccc(C)n2)CC1. The highest BCUT2D eigenvalue weighted by Crippen LogP contribution is 2.20. The van der Waals surface area contributed by atoms with Crippen molar-refractivity contribution >= 4 is 16.0 Å². The number of nitrogens with zero attached hydrogens (tertiary/aromatic N) is 2. The van der Waals surface area contributed by atoms with E-state index >= 15 is 0 Å². The van der Waals surface area contributed by atoms with E-state index in [1.165, 1.54) is 4.31 Å². The Morgan fingerprint density at radius 3 is 2.65 bits per heavy atom. The van der Waals surface area contributed by atoms with Gasteiger partial charge < -0.3 is 5.32 Å². The fourth-order valence-electron chi connectivity index (χ4n) is 2.44. The molecule has 112 valence electrons. The maximum absolute atomic E-state index is 12.3. The van der Waals surface area contributed by atoms with Gasteiger partial charge in [-0.3, -0.25) is 4.72 Å². The van der Waals surface area contributed by atoms with Gasteiger partial charge >= 0.3 is 10.2 Å². The van der Waals surface area contributed by atoms with Gasteiger partial charge in [0, 0.05) is 18.8 Å². The second-order valence-electron chi connectivity index (χ2n) is 5.17. The van der Waals surface area contributed by atoms with Crippen molar-refractivity contribution in [3.63, 3.8) is 0 Å². The van der Waals surface area contributed by atoms with Gasteiger partial charge in [-0.1, -0.05) is 6.07 Å². The molecule has 7 heteroatoms. The highest BCUT2D eigenvalue weighted by molar-refractivity contribution is 7.90. The fraction of sp³-hybridized carbons (Fsp3) is 0.615. The summed E-state index contributed by atoms with van der Waals surface area (Å²) in [6, 6.07) is 5.29. The van der Waals surface area contributed by atoms with Crippen LogP contribution in [0.2, 0.25) is 0 Å². The first-order valence-corrected chi connectivity index (χ1v) is 8.31. The largest absolute Gasteiger partial charge is 0.319 e. The van der Waals surface area contributed by atoms with Crippen LogP contribution in [0, 0.1) is 12.8 Å². The van der Waals surface area contributed by atoms with E-state index in [-0.39, 0.29) is 0 Å². The Morgan fingerprint density at radius 1 is 1.35 bits per heavy atom. The number of nitrogens with one attached hydrogen (secondary N) is 2. The van der Waals surface area contributed by atoms with Gasteiger partial charge in [0.15, 0.2) is 0 Å². The van der Waals surface area contributed by atoms with Crippen molar-refractivity contribution in [2.24, 2.45) is 5.92 Å². The van der Waals surface area contributed by atoms with Crippen molar-refractivity contribution in [2.45, 2.75) is 19.8 Å². The van der Waals surface area contributed by atoms with Crippen LogP contribution in [0.4, 0.5) is 5.82 Å². The van der Waals surface area contributed by atoms with E-state index in [4.69, 9.17) is 0 Å². The average molecular weight is 298 g/mol. The van der Waals surface area contributed by atoms with Crippen LogP contribution < -0.4 is 10.0 Å². The molecule has 2 N–H and O–H groups in total. The minimum Gasteiger partial charge on any atom is -0.319 e. The Balaban J connectivity index is 1.98. The lowest BCUT2D eigenvalue weighted by Crippen LogP contribution is -2.43. The third-order valence-electron chi connectivity index (χ3n) is 3.53. The first-order chi connectivity index (χ1) is 9.51. The van der Waals surface area contributed by atoms with Crippen molar-refractivity contribution in [3.05, 3.63) is 23.9 Å². The van der Waals surface area contributed by atoms with Crippen molar-refractivity contribution in [3.8, 4) is 0 Å². The monoisotopic (exact) mass is 298 g/mol. The molecule has 2 heterocycles. The van der Waals surface area contributed by atoms with Gasteiger partial charge in [0.05, 0.1) is 0 Å². The quantitative estimate of drug-likeness (QED) is 0.850. The molecule has 0 bridgehead atoms. The maximum Gasteiger partial charge on any atom is 0.302 e. The normalized spacial score (nSPS) is 18.1. The van der Waals surface area contributed by atoms with Gasteiger partial charge in [0.1, 0.15) is 5.82 Å². The zero-order chi connectivity index (χ0) is 14.6. The van der Waals surface area contributed by atoms with Crippen LogP contribution in [0.15, 0.2) is 18.2 Å². The number of aryl methyl sites for hydroxylation is 1. The molecule has 0 radical (unpaired) electrons. The van der Waals surface area contributed by atoms with Crippen molar-refractivity contribution in [1.29, 1.82) is 0 Å². The van der Waals surface area contributed by atoms with E-state index in [0.29, 0.717) is 24.8 Å². The summed E-state index contributed by atoms with van der Waals surface area (Å²) in [5, 5.41) is 3.14. The predicted octanol–water partition coefficient (Wildman–Crippen LogP) is 0.978. The third-order valence-corrected chi connectivity index (χ3v) is 5.04. The Kier molecular flexibility index (Phi) is 4.95.